The van der Waals surface area contributed by atoms with E-state index in [1.165, 1.54) is 0 Å². The normalized spacial score (nSPS) is 14.0. The largest absolute Gasteiger partial charge is 1.00 e. The Hall–Kier alpha value is -3.32. The first-order valence-corrected chi connectivity index (χ1v) is 9.69. The van der Waals surface area contributed by atoms with E-state index in [1.807, 2.05) is 41.3 Å². The van der Waals surface area contributed by atoms with E-state index >= 15 is 0 Å². The number of halogens is 1. The van der Waals surface area contributed by atoms with E-state index in [9.17, 15) is 4.79 Å². The number of rotatable bonds is 3. The minimum atomic E-state index is 0. The summed E-state index contributed by atoms with van der Waals surface area (Å²) in [7, 11) is 0. The molecule has 3 heterocycles. The molecular formula is C22H21ClN5O2-. The fraction of sp³-hybridized carbons (Fsp3) is 0.227. The molecule has 1 aliphatic heterocycles. The van der Waals surface area contributed by atoms with E-state index < -0.39 is 0 Å². The van der Waals surface area contributed by atoms with Gasteiger partial charge < -0.3 is 31.9 Å². The number of furan rings is 1. The Bertz CT molecular complexity index is 1180. The predicted octanol–water partition coefficient (Wildman–Crippen LogP) is 0.792. The van der Waals surface area contributed by atoms with E-state index in [-0.39, 0.29) is 18.3 Å². The van der Waals surface area contributed by atoms with Crippen molar-refractivity contribution in [3.8, 4) is 0 Å². The third kappa shape index (κ3) is 3.64. The molecule has 0 radical (unpaired) electrons. The quantitative estimate of drug-likeness (QED) is 0.526. The van der Waals surface area contributed by atoms with Gasteiger partial charge in [0.15, 0.2) is 11.4 Å². The number of aromatic nitrogens is 2. The predicted molar refractivity (Wildman–Crippen MR) is 114 cm³/mol. The first-order valence-electron chi connectivity index (χ1n) is 9.69. The lowest BCUT2D eigenvalue weighted by atomic mass is 10.2. The van der Waals surface area contributed by atoms with Crippen molar-refractivity contribution in [3.63, 3.8) is 0 Å². The van der Waals surface area contributed by atoms with Gasteiger partial charge in [-0.15, -0.1) is 0 Å². The highest BCUT2D eigenvalue weighted by Gasteiger charge is 2.19. The maximum absolute atomic E-state index is 11.5. The second kappa shape index (κ2) is 8.20. The van der Waals surface area contributed by atoms with Gasteiger partial charge in [-0.2, -0.15) is 0 Å². The Kier molecular flexibility index (Phi) is 5.46. The first-order chi connectivity index (χ1) is 14.2. The van der Waals surface area contributed by atoms with Crippen LogP contribution < -0.4 is 22.6 Å². The van der Waals surface area contributed by atoms with Gasteiger partial charge in [0, 0.05) is 49.9 Å². The molecule has 8 heteroatoms. The number of hydrogen-bond acceptors (Lipinski definition) is 6. The van der Waals surface area contributed by atoms with E-state index in [1.54, 1.807) is 13.3 Å². The van der Waals surface area contributed by atoms with Crippen LogP contribution in [0.15, 0.2) is 59.3 Å². The second-order valence-electron chi connectivity index (χ2n) is 7.16. The molecule has 5 rings (SSSR count). The van der Waals surface area contributed by atoms with Gasteiger partial charge in [0.2, 0.25) is 5.91 Å². The van der Waals surface area contributed by atoms with E-state index in [4.69, 9.17) is 4.42 Å². The maximum Gasteiger partial charge on any atom is 0.219 e. The summed E-state index contributed by atoms with van der Waals surface area (Å²) in [4.78, 5) is 24.4. The van der Waals surface area contributed by atoms with Crippen molar-refractivity contribution in [3.05, 3.63) is 54.9 Å². The number of para-hydroxylation sites is 1. The lowest BCUT2D eigenvalue weighted by Gasteiger charge is -2.35. The Balaban J connectivity index is 0.00000218. The highest BCUT2D eigenvalue weighted by Crippen LogP contribution is 2.32. The van der Waals surface area contributed by atoms with Crippen molar-refractivity contribution in [2.45, 2.75) is 6.92 Å². The number of carbonyl (C=O) groups is 1. The van der Waals surface area contributed by atoms with Crippen LogP contribution in [0.5, 0.6) is 0 Å². The Morgan fingerprint density at radius 1 is 1.00 bits per heavy atom. The lowest BCUT2D eigenvalue weighted by Crippen LogP contribution is -3.00. The summed E-state index contributed by atoms with van der Waals surface area (Å²) in [5.74, 6) is 0.792. The number of hydrogen-bond donors (Lipinski definition) is 1. The number of fused-ring (bicyclic) bond motifs is 3. The Morgan fingerprint density at radius 3 is 2.47 bits per heavy atom. The number of anilines is 3. The standard InChI is InChI=1S/C22H21N5O2.ClH/c1-15(28)26-10-12-27(13-11-26)17-8-6-16(7-9-17)25-22-21-20(23-14-24-22)18-4-2-3-5-19(18)29-21;/h2-9,14H,10-13H2,1H3,(H,23,24,25);1H/p-1. The van der Waals surface area contributed by atoms with Crippen molar-refractivity contribution in [1.82, 2.24) is 14.9 Å². The van der Waals surface area contributed by atoms with Gasteiger partial charge in [-0.3, -0.25) is 4.79 Å². The topological polar surface area (TPSA) is 74.5 Å². The molecule has 154 valence electrons. The van der Waals surface area contributed by atoms with Gasteiger partial charge in [-0.25, -0.2) is 9.97 Å². The van der Waals surface area contributed by atoms with Crippen LogP contribution in [-0.2, 0) is 4.79 Å². The molecule has 4 aromatic rings. The van der Waals surface area contributed by atoms with Gasteiger partial charge in [0.1, 0.15) is 17.4 Å². The number of nitrogens with one attached hydrogen (secondary N) is 1. The highest BCUT2D eigenvalue weighted by molar-refractivity contribution is 6.05. The summed E-state index contributed by atoms with van der Waals surface area (Å²) in [6.07, 6.45) is 1.55. The number of amides is 1. The molecular weight excluding hydrogens is 402 g/mol. The summed E-state index contributed by atoms with van der Waals surface area (Å²) < 4.78 is 5.98. The molecule has 0 bridgehead atoms. The fourth-order valence-corrected chi connectivity index (χ4v) is 3.78. The van der Waals surface area contributed by atoms with Crippen LogP contribution in [0.1, 0.15) is 6.92 Å². The summed E-state index contributed by atoms with van der Waals surface area (Å²) >= 11 is 0. The zero-order valence-electron chi connectivity index (χ0n) is 16.5. The van der Waals surface area contributed by atoms with Crippen LogP contribution in [0.2, 0.25) is 0 Å². The van der Waals surface area contributed by atoms with Crippen LogP contribution in [0.25, 0.3) is 22.1 Å². The van der Waals surface area contributed by atoms with Gasteiger partial charge in [-0.05, 0) is 36.4 Å². The van der Waals surface area contributed by atoms with Crippen LogP contribution in [0, 0.1) is 0 Å². The van der Waals surface area contributed by atoms with E-state index in [0.29, 0.717) is 11.4 Å². The zero-order chi connectivity index (χ0) is 19.8. The number of benzene rings is 2. The number of carbonyl (C=O) groups excluding carboxylic acids is 1. The minimum Gasteiger partial charge on any atom is -1.00 e. The number of piperazine rings is 1. The lowest BCUT2D eigenvalue weighted by molar-refractivity contribution is -0.129. The Morgan fingerprint density at radius 2 is 1.73 bits per heavy atom. The van der Waals surface area contributed by atoms with E-state index in [2.05, 4.69) is 32.3 Å². The minimum absolute atomic E-state index is 0. The van der Waals surface area contributed by atoms with Gasteiger partial charge in [0.25, 0.3) is 0 Å². The summed E-state index contributed by atoms with van der Waals surface area (Å²) in [6.45, 7) is 4.85. The maximum atomic E-state index is 11.5. The van der Waals surface area contributed by atoms with Crippen molar-refractivity contribution in [2.75, 3.05) is 36.4 Å². The molecule has 1 aliphatic rings. The molecule has 0 saturated carbocycles. The third-order valence-electron chi connectivity index (χ3n) is 5.38. The summed E-state index contributed by atoms with van der Waals surface area (Å²) in [5, 5.41) is 4.32. The summed E-state index contributed by atoms with van der Waals surface area (Å²) in [6, 6.07) is 16.1. The van der Waals surface area contributed by atoms with Crippen LogP contribution in [0.3, 0.4) is 0 Å². The van der Waals surface area contributed by atoms with Gasteiger partial charge in [-0.1, -0.05) is 12.1 Å². The van der Waals surface area contributed by atoms with Gasteiger partial charge >= 0.3 is 0 Å². The molecule has 1 fully saturated rings. The molecule has 2 aromatic carbocycles. The van der Waals surface area contributed by atoms with Crippen molar-refractivity contribution in [1.29, 1.82) is 0 Å². The monoisotopic (exact) mass is 422 g/mol. The third-order valence-corrected chi connectivity index (χ3v) is 5.38. The summed E-state index contributed by atoms with van der Waals surface area (Å²) in [5.41, 5.74) is 4.33. The van der Waals surface area contributed by atoms with Gasteiger partial charge in [0.05, 0.1) is 0 Å². The molecule has 0 spiro atoms. The molecule has 1 amide bonds. The highest BCUT2D eigenvalue weighted by atomic mass is 35.5. The molecule has 1 saturated heterocycles. The van der Waals surface area contributed by atoms with Crippen molar-refractivity contribution >= 4 is 45.2 Å². The molecule has 2 aromatic heterocycles. The Labute approximate surface area is 180 Å². The molecule has 0 atom stereocenters. The van der Waals surface area contributed by atoms with Crippen molar-refractivity contribution < 1.29 is 21.6 Å². The van der Waals surface area contributed by atoms with E-state index in [0.717, 1.165) is 54.0 Å². The molecule has 30 heavy (non-hydrogen) atoms. The average Bonchev–Trinajstić information content (AvgIpc) is 3.14. The van der Waals surface area contributed by atoms with Crippen LogP contribution >= 0.6 is 0 Å². The van der Waals surface area contributed by atoms with Crippen LogP contribution in [-0.4, -0.2) is 47.0 Å². The smallest absolute Gasteiger partial charge is 0.219 e. The number of nitrogens with zero attached hydrogens (tertiary/aromatic N) is 4. The second-order valence-corrected chi connectivity index (χ2v) is 7.16. The molecule has 7 nitrogen and oxygen atoms in total. The van der Waals surface area contributed by atoms with Crippen molar-refractivity contribution in [2.24, 2.45) is 0 Å². The molecule has 0 unspecified atom stereocenters. The first kappa shape index (κ1) is 20.0. The fourth-order valence-electron chi connectivity index (χ4n) is 3.78. The average molecular weight is 423 g/mol. The SMILES string of the molecule is CC(=O)N1CCN(c2ccc(Nc3ncnc4c3oc3ccccc34)cc2)CC1.[Cl-]. The molecule has 1 N–H and O–H groups in total. The zero-order valence-corrected chi connectivity index (χ0v) is 17.3. The van der Waals surface area contributed by atoms with Crippen LogP contribution in [0.4, 0.5) is 17.2 Å². The molecule has 0 aliphatic carbocycles.